The van der Waals surface area contributed by atoms with Crippen molar-refractivity contribution >= 4 is 23.2 Å². The lowest BCUT2D eigenvalue weighted by molar-refractivity contribution is -0.116. The van der Waals surface area contributed by atoms with Crippen LogP contribution in [0.1, 0.15) is 16.8 Å². The molecule has 1 saturated heterocycles. The van der Waals surface area contributed by atoms with E-state index in [2.05, 4.69) is 15.5 Å². The molecule has 0 atom stereocenters. The van der Waals surface area contributed by atoms with Crippen molar-refractivity contribution in [2.24, 2.45) is 0 Å². The SMILES string of the molecule is O=C(CCN1CCOCC1)Nc1cc(NC(=O)c2ccc(F)cc2F)ccc1F. The molecule has 0 aliphatic carbocycles. The summed E-state index contributed by atoms with van der Waals surface area (Å²) >= 11 is 0. The maximum absolute atomic E-state index is 14.0. The zero-order valence-corrected chi connectivity index (χ0v) is 15.5. The first kappa shape index (κ1) is 20.8. The summed E-state index contributed by atoms with van der Waals surface area (Å²) in [6.07, 6.45) is 0.177. The van der Waals surface area contributed by atoms with Crippen molar-refractivity contribution < 1.29 is 27.5 Å². The van der Waals surface area contributed by atoms with Gasteiger partial charge in [0.05, 0.1) is 24.5 Å². The standard InChI is InChI=1S/C20H20F3N3O3/c21-13-1-3-15(17(23)11-13)20(28)24-14-2-4-16(22)18(12-14)25-19(27)5-6-26-7-9-29-10-8-26/h1-4,11-12H,5-10H2,(H,24,28)(H,25,27). The Hall–Kier alpha value is -2.91. The summed E-state index contributed by atoms with van der Waals surface area (Å²) in [4.78, 5) is 26.4. The third-order valence-electron chi connectivity index (χ3n) is 4.43. The Morgan fingerprint density at radius 3 is 2.45 bits per heavy atom. The largest absolute Gasteiger partial charge is 0.379 e. The number of nitrogens with one attached hydrogen (secondary N) is 2. The molecule has 9 heteroatoms. The summed E-state index contributed by atoms with van der Waals surface area (Å²) in [5.41, 5.74) is -0.301. The quantitative estimate of drug-likeness (QED) is 0.772. The minimum atomic E-state index is -1.01. The van der Waals surface area contributed by atoms with E-state index in [0.29, 0.717) is 25.8 Å². The highest BCUT2D eigenvalue weighted by Gasteiger charge is 2.16. The third kappa shape index (κ3) is 5.78. The first-order chi connectivity index (χ1) is 13.9. The number of amides is 2. The van der Waals surface area contributed by atoms with Crippen molar-refractivity contribution in [1.82, 2.24) is 4.90 Å². The minimum absolute atomic E-state index is 0.102. The Balaban J connectivity index is 1.61. The van der Waals surface area contributed by atoms with Gasteiger partial charge in [0.2, 0.25) is 5.91 Å². The van der Waals surface area contributed by atoms with Gasteiger partial charge >= 0.3 is 0 Å². The number of ether oxygens (including phenoxy) is 1. The third-order valence-corrected chi connectivity index (χ3v) is 4.43. The van der Waals surface area contributed by atoms with E-state index in [4.69, 9.17) is 4.74 Å². The molecule has 154 valence electrons. The topological polar surface area (TPSA) is 70.7 Å². The van der Waals surface area contributed by atoms with Crippen LogP contribution in [0.4, 0.5) is 24.5 Å². The molecule has 29 heavy (non-hydrogen) atoms. The van der Waals surface area contributed by atoms with Crippen LogP contribution in [0.3, 0.4) is 0 Å². The molecule has 0 saturated carbocycles. The lowest BCUT2D eigenvalue weighted by Crippen LogP contribution is -2.38. The van der Waals surface area contributed by atoms with Crippen LogP contribution in [0, 0.1) is 17.5 Å². The smallest absolute Gasteiger partial charge is 0.258 e. The zero-order chi connectivity index (χ0) is 20.8. The Morgan fingerprint density at radius 2 is 1.72 bits per heavy atom. The molecule has 0 unspecified atom stereocenters. The number of halogens is 3. The molecular formula is C20H20F3N3O3. The number of morpholine rings is 1. The molecule has 1 heterocycles. The maximum Gasteiger partial charge on any atom is 0.258 e. The van der Waals surface area contributed by atoms with E-state index in [1.165, 1.54) is 12.1 Å². The molecule has 0 spiro atoms. The lowest BCUT2D eigenvalue weighted by Gasteiger charge is -2.26. The minimum Gasteiger partial charge on any atom is -0.379 e. The summed E-state index contributed by atoms with van der Waals surface area (Å²) in [6, 6.07) is 6.16. The number of rotatable bonds is 6. The van der Waals surface area contributed by atoms with Crippen LogP contribution in [-0.4, -0.2) is 49.6 Å². The van der Waals surface area contributed by atoms with Crippen LogP contribution in [0.15, 0.2) is 36.4 Å². The van der Waals surface area contributed by atoms with Crippen molar-refractivity contribution in [3.63, 3.8) is 0 Å². The predicted molar refractivity (Wildman–Crippen MR) is 101 cm³/mol. The second kappa shape index (κ2) is 9.53. The molecule has 2 amide bonds. The van der Waals surface area contributed by atoms with Crippen molar-refractivity contribution in [2.45, 2.75) is 6.42 Å². The summed E-state index contributed by atoms with van der Waals surface area (Å²) < 4.78 is 46.0. The molecule has 2 aromatic rings. The van der Waals surface area contributed by atoms with Crippen LogP contribution in [0.5, 0.6) is 0 Å². The van der Waals surface area contributed by atoms with Gasteiger partial charge in [-0.15, -0.1) is 0 Å². The van der Waals surface area contributed by atoms with Crippen molar-refractivity contribution in [3.8, 4) is 0 Å². The van der Waals surface area contributed by atoms with Gasteiger partial charge in [-0.2, -0.15) is 0 Å². The molecule has 1 aliphatic heterocycles. The first-order valence-electron chi connectivity index (χ1n) is 9.08. The zero-order valence-electron chi connectivity index (χ0n) is 15.5. The van der Waals surface area contributed by atoms with Crippen LogP contribution in [0.25, 0.3) is 0 Å². The van der Waals surface area contributed by atoms with Crippen LogP contribution >= 0.6 is 0 Å². The molecule has 0 radical (unpaired) electrons. The molecule has 0 bridgehead atoms. The van der Waals surface area contributed by atoms with Crippen LogP contribution < -0.4 is 10.6 Å². The fourth-order valence-corrected chi connectivity index (χ4v) is 2.87. The van der Waals surface area contributed by atoms with Crippen molar-refractivity contribution in [1.29, 1.82) is 0 Å². The number of carbonyl (C=O) groups excluding carboxylic acids is 2. The normalized spacial score (nSPS) is 14.4. The Morgan fingerprint density at radius 1 is 0.966 bits per heavy atom. The van der Waals surface area contributed by atoms with Gasteiger partial charge in [0.15, 0.2) is 0 Å². The predicted octanol–water partition coefficient (Wildman–Crippen LogP) is 3.02. The maximum atomic E-state index is 14.0. The van der Waals surface area contributed by atoms with Crippen LogP contribution in [-0.2, 0) is 9.53 Å². The summed E-state index contributed by atoms with van der Waals surface area (Å²) in [5, 5.41) is 4.88. The van der Waals surface area contributed by atoms with E-state index >= 15 is 0 Å². The molecule has 3 rings (SSSR count). The second-order valence-electron chi connectivity index (χ2n) is 6.53. The first-order valence-corrected chi connectivity index (χ1v) is 9.08. The fourth-order valence-electron chi connectivity index (χ4n) is 2.87. The highest BCUT2D eigenvalue weighted by molar-refractivity contribution is 6.04. The molecule has 2 aromatic carbocycles. The average Bonchev–Trinajstić information content (AvgIpc) is 2.69. The van der Waals surface area contributed by atoms with Gasteiger partial charge in [-0.3, -0.25) is 14.5 Å². The summed E-state index contributed by atoms with van der Waals surface area (Å²) in [5.74, 6) is -3.68. The second-order valence-corrected chi connectivity index (χ2v) is 6.53. The molecule has 2 N–H and O–H groups in total. The number of carbonyl (C=O) groups is 2. The summed E-state index contributed by atoms with van der Waals surface area (Å²) in [6.45, 7) is 3.24. The average molecular weight is 407 g/mol. The highest BCUT2D eigenvalue weighted by atomic mass is 19.1. The fraction of sp³-hybridized carbons (Fsp3) is 0.300. The molecule has 6 nitrogen and oxygen atoms in total. The Bertz CT molecular complexity index is 902. The van der Waals surface area contributed by atoms with Gasteiger partial charge in [-0.05, 0) is 30.3 Å². The van der Waals surface area contributed by atoms with Gasteiger partial charge in [-0.1, -0.05) is 0 Å². The number of hydrogen-bond acceptors (Lipinski definition) is 4. The Labute approximate surface area is 165 Å². The number of nitrogens with zero attached hydrogens (tertiary/aromatic N) is 1. The monoisotopic (exact) mass is 407 g/mol. The highest BCUT2D eigenvalue weighted by Crippen LogP contribution is 2.21. The van der Waals surface area contributed by atoms with E-state index in [0.717, 1.165) is 31.3 Å². The number of anilines is 2. The number of benzene rings is 2. The Kier molecular flexibility index (Phi) is 6.84. The molecule has 1 fully saturated rings. The van der Waals surface area contributed by atoms with Gasteiger partial charge in [0, 0.05) is 37.8 Å². The van der Waals surface area contributed by atoms with Crippen LogP contribution in [0.2, 0.25) is 0 Å². The van der Waals surface area contributed by atoms with Crippen molar-refractivity contribution in [3.05, 3.63) is 59.4 Å². The van der Waals surface area contributed by atoms with E-state index < -0.39 is 23.4 Å². The molecule has 1 aliphatic rings. The number of hydrogen-bond donors (Lipinski definition) is 2. The van der Waals surface area contributed by atoms with Gasteiger partial charge in [0.1, 0.15) is 17.5 Å². The van der Waals surface area contributed by atoms with E-state index in [-0.39, 0.29) is 29.3 Å². The van der Waals surface area contributed by atoms with Gasteiger partial charge in [0.25, 0.3) is 5.91 Å². The van der Waals surface area contributed by atoms with E-state index in [1.54, 1.807) is 0 Å². The van der Waals surface area contributed by atoms with Crippen molar-refractivity contribution in [2.75, 3.05) is 43.5 Å². The van der Waals surface area contributed by atoms with E-state index in [1.807, 2.05) is 0 Å². The molecular weight excluding hydrogens is 387 g/mol. The van der Waals surface area contributed by atoms with Gasteiger partial charge < -0.3 is 15.4 Å². The van der Waals surface area contributed by atoms with Gasteiger partial charge in [-0.25, -0.2) is 13.2 Å². The summed E-state index contributed by atoms with van der Waals surface area (Å²) in [7, 11) is 0. The van der Waals surface area contributed by atoms with E-state index in [9.17, 15) is 22.8 Å². The molecule has 0 aromatic heterocycles. The lowest BCUT2D eigenvalue weighted by atomic mass is 10.2.